The molecule has 1 aromatic carbocycles. The summed E-state index contributed by atoms with van der Waals surface area (Å²) in [6.45, 7) is 0. The van der Waals surface area contributed by atoms with Gasteiger partial charge in [0.2, 0.25) is 0 Å². The number of benzene rings is 1. The Kier molecular flexibility index (Phi) is 4.29. The van der Waals surface area contributed by atoms with Crippen molar-refractivity contribution in [3.63, 3.8) is 0 Å². The van der Waals surface area contributed by atoms with Crippen LogP contribution in [0.15, 0.2) is 43.0 Å². The Morgan fingerprint density at radius 3 is 2.21 bits per heavy atom. The first kappa shape index (κ1) is 17.8. The first-order chi connectivity index (χ1) is 11.0. The number of aromatic nitrogens is 2. The third kappa shape index (κ3) is 2.93. The maximum atomic E-state index is 13.3. The second-order valence-electron chi connectivity index (χ2n) is 4.47. The van der Waals surface area contributed by atoms with E-state index in [2.05, 4.69) is 9.72 Å². The normalized spacial score (nSPS) is 13.0. The van der Waals surface area contributed by atoms with E-state index in [1.165, 1.54) is 41.5 Å². The number of carbonyl (C=O) groups excluding carboxylic acids is 1. The summed E-state index contributed by atoms with van der Waals surface area (Å²) in [5.74, 6) is -16.4. The van der Waals surface area contributed by atoms with Crippen LogP contribution in [0.2, 0.25) is 0 Å². The molecule has 0 unspecified atom stereocenters. The molecule has 1 heterocycles. The van der Waals surface area contributed by atoms with E-state index in [0.29, 0.717) is 0 Å². The minimum atomic E-state index is -6.63. The van der Waals surface area contributed by atoms with Gasteiger partial charge in [-0.25, -0.2) is 9.78 Å². The minimum Gasteiger partial charge on any atom is -0.420 e. The van der Waals surface area contributed by atoms with Gasteiger partial charge in [-0.05, 0) is 12.1 Å². The van der Waals surface area contributed by atoms with Crippen LogP contribution in [0.4, 0.5) is 30.7 Å². The first-order valence-corrected chi connectivity index (χ1v) is 6.10. The molecule has 0 saturated heterocycles. The Balaban J connectivity index is 2.34. The van der Waals surface area contributed by atoms with E-state index in [4.69, 9.17) is 0 Å². The molecule has 0 aliphatic rings. The smallest absolute Gasteiger partial charge is 0.420 e. The zero-order valence-corrected chi connectivity index (χ0v) is 11.4. The molecule has 24 heavy (non-hydrogen) atoms. The lowest BCUT2D eigenvalue weighted by Crippen LogP contribution is -2.57. The zero-order valence-electron chi connectivity index (χ0n) is 11.4. The fraction of sp³-hybridized carbons (Fsp3) is 0.231. The van der Waals surface area contributed by atoms with Gasteiger partial charge in [0.05, 0.1) is 12.0 Å². The van der Waals surface area contributed by atoms with Crippen LogP contribution >= 0.6 is 0 Å². The molecule has 0 aliphatic heterocycles. The van der Waals surface area contributed by atoms with Crippen molar-refractivity contribution in [2.75, 3.05) is 0 Å². The van der Waals surface area contributed by atoms with Crippen molar-refractivity contribution in [2.24, 2.45) is 0 Å². The molecule has 0 N–H and O–H groups in total. The molecule has 2 aromatic rings. The molecule has 2 rings (SSSR count). The molecule has 1 aromatic heterocycles. The molecular formula is C13H7F7N2O2. The Hall–Kier alpha value is -2.59. The molecule has 0 amide bonds. The van der Waals surface area contributed by atoms with Crippen molar-refractivity contribution in [2.45, 2.75) is 18.0 Å². The monoisotopic (exact) mass is 356 g/mol. The van der Waals surface area contributed by atoms with Crippen LogP contribution < -0.4 is 4.74 Å². The van der Waals surface area contributed by atoms with Gasteiger partial charge in [-0.3, -0.25) is 0 Å². The fourth-order valence-electron chi connectivity index (χ4n) is 1.63. The maximum Gasteiger partial charge on any atom is 0.460 e. The second kappa shape index (κ2) is 5.80. The van der Waals surface area contributed by atoms with Gasteiger partial charge < -0.3 is 9.30 Å². The molecule has 0 radical (unpaired) electrons. The van der Waals surface area contributed by atoms with Crippen molar-refractivity contribution in [3.05, 3.63) is 43.0 Å². The van der Waals surface area contributed by atoms with Crippen LogP contribution in [0.1, 0.15) is 0 Å². The Labute approximate surface area is 129 Å². The molecular weight excluding hydrogens is 349 g/mol. The number of hydrogen-bond acceptors (Lipinski definition) is 3. The molecule has 0 bridgehead atoms. The average molecular weight is 356 g/mol. The number of esters is 1. The van der Waals surface area contributed by atoms with Gasteiger partial charge in [-0.1, -0.05) is 12.1 Å². The average Bonchev–Trinajstić information content (AvgIpc) is 3.00. The second-order valence-corrected chi connectivity index (χ2v) is 4.47. The molecule has 0 spiro atoms. The highest BCUT2D eigenvalue weighted by molar-refractivity contribution is 5.82. The summed E-state index contributed by atoms with van der Waals surface area (Å²) in [6.07, 6.45) is -2.85. The summed E-state index contributed by atoms with van der Waals surface area (Å²) in [6, 6.07) is 4.82. The van der Waals surface area contributed by atoms with Gasteiger partial charge in [0.15, 0.2) is 5.75 Å². The van der Waals surface area contributed by atoms with Gasteiger partial charge in [0.25, 0.3) is 0 Å². The van der Waals surface area contributed by atoms with Gasteiger partial charge >= 0.3 is 24.0 Å². The van der Waals surface area contributed by atoms with Crippen LogP contribution in [0.5, 0.6) is 5.75 Å². The predicted octanol–water partition coefficient (Wildman–Crippen LogP) is 3.61. The zero-order chi connectivity index (χ0) is 18.2. The van der Waals surface area contributed by atoms with Gasteiger partial charge in [-0.15, -0.1) is 0 Å². The van der Waals surface area contributed by atoms with Crippen molar-refractivity contribution in [1.29, 1.82) is 0 Å². The van der Waals surface area contributed by atoms with Crippen molar-refractivity contribution in [3.8, 4) is 11.4 Å². The summed E-state index contributed by atoms with van der Waals surface area (Å²) in [4.78, 5) is 14.9. The summed E-state index contributed by atoms with van der Waals surface area (Å²) in [5.41, 5.74) is -0.0607. The molecule has 0 saturated carbocycles. The van der Waals surface area contributed by atoms with Gasteiger partial charge in [0.1, 0.15) is 0 Å². The molecule has 4 nitrogen and oxygen atoms in total. The lowest BCUT2D eigenvalue weighted by Gasteiger charge is -2.26. The van der Waals surface area contributed by atoms with Crippen LogP contribution in [0, 0.1) is 0 Å². The van der Waals surface area contributed by atoms with Crippen LogP contribution in [0.25, 0.3) is 5.69 Å². The summed E-state index contributed by atoms with van der Waals surface area (Å²) in [7, 11) is 0. The van der Waals surface area contributed by atoms with Crippen molar-refractivity contribution < 1.29 is 40.3 Å². The van der Waals surface area contributed by atoms with Crippen LogP contribution in [0.3, 0.4) is 0 Å². The fourth-order valence-corrected chi connectivity index (χ4v) is 1.63. The quantitative estimate of drug-likeness (QED) is 0.478. The van der Waals surface area contributed by atoms with Crippen molar-refractivity contribution >= 4 is 5.97 Å². The molecule has 0 atom stereocenters. The number of hydrogen-bond donors (Lipinski definition) is 0. The van der Waals surface area contributed by atoms with Gasteiger partial charge in [-0.2, -0.15) is 30.7 Å². The summed E-state index contributed by atoms with van der Waals surface area (Å²) < 4.78 is 93.8. The Bertz CT molecular complexity index is 726. The third-order valence-corrected chi connectivity index (χ3v) is 2.86. The first-order valence-electron chi connectivity index (χ1n) is 6.10. The SMILES string of the molecule is O=C(Oc1ccccc1-n1ccnc1)C(F)(F)C(F)(F)C(F)(F)F. The van der Waals surface area contributed by atoms with Gasteiger partial charge in [0, 0.05) is 12.4 Å². The number of imidazole rings is 1. The van der Waals surface area contributed by atoms with E-state index in [9.17, 15) is 35.5 Å². The van der Waals surface area contributed by atoms with Crippen molar-refractivity contribution in [1.82, 2.24) is 9.55 Å². The van der Waals surface area contributed by atoms with E-state index in [1.54, 1.807) is 0 Å². The number of nitrogens with zero attached hydrogens (tertiary/aromatic N) is 2. The van der Waals surface area contributed by atoms with E-state index in [-0.39, 0.29) is 5.69 Å². The van der Waals surface area contributed by atoms with E-state index in [0.717, 1.165) is 6.07 Å². The molecule has 0 aliphatic carbocycles. The summed E-state index contributed by atoms with van der Waals surface area (Å²) in [5, 5.41) is 0. The van der Waals surface area contributed by atoms with E-state index in [1.807, 2.05) is 0 Å². The topological polar surface area (TPSA) is 44.1 Å². The molecule has 130 valence electrons. The molecule has 11 heteroatoms. The largest absolute Gasteiger partial charge is 0.460 e. The minimum absolute atomic E-state index is 0.0607. The number of carbonyl (C=O) groups is 1. The highest BCUT2D eigenvalue weighted by Crippen LogP contribution is 2.47. The third-order valence-electron chi connectivity index (χ3n) is 2.86. The standard InChI is InChI=1S/C13H7F7N2O2/c14-11(15,12(16,17)13(18,19)20)10(23)24-9-4-2-1-3-8(9)22-6-5-21-7-22/h1-7H. The molecule has 0 fully saturated rings. The highest BCUT2D eigenvalue weighted by Gasteiger charge is 2.77. The Morgan fingerprint density at radius 1 is 1.04 bits per heavy atom. The van der Waals surface area contributed by atoms with E-state index >= 15 is 0 Å². The number of ether oxygens (including phenoxy) is 1. The summed E-state index contributed by atoms with van der Waals surface area (Å²) >= 11 is 0. The number of halogens is 7. The highest BCUT2D eigenvalue weighted by atomic mass is 19.4. The Morgan fingerprint density at radius 2 is 1.67 bits per heavy atom. The predicted molar refractivity (Wildman–Crippen MR) is 65.1 cm³/mol. The van der Waals surface area contributed by atoms with Crippen LogP contribution in [-0.2, 0) is 4.79 Å². The van der Waals surface area contributed by atoms with Crippen LogP contribution in [-0.4, -0.2) is 33.5 Å². The number of para-hydroxylation sites is 2. The van der Waals surface area contributed by atoms with E-state index < -0.39 is 29.7 Å². The maximum absolute atomic E-state index is 13.3. The number of alkyl halides is 7. The lowest BCUT2D eigenvalue weighted by atomic mass is 10.1. The lowest BCUT2D eigenvalue weighted by molar-refractivity contribution is -0.346. The number of rotatable bonds is 4.